The van der Waals surface area contributed by atoms with Crippen LogP contribution in [0, 0.1) is 0 Å². The van der Waals surface area contributed by atoms with Gasteiger partial charge in [0.25, 0.3) is 0 Å². The maximum atomic E-state index is 9.30. The Kier molecular flexibility index (Phi) is 11.8. The molecule has 9 aromatic rings. The van der Waals surface area contributed by atoms with E-state index in [2.05, 4.69) is 187 Å². The Bertz CT molecular complexity index is 3710. The van der Waals surface area contributed by atoms with E-state index in [-0.39, 0.29) is 22.9 Å². The lowest BCUT2D eigenvalue weighted by atomic mass is 9.80. The van der Waals surface area contributed by atoms with E-state index in [1.807, 2.05) is 0 Å². The molecular formula is C64H56N2O5. The molecule has 7 nitrogen and oxygen atoms in total. The van der Waals surface area contributed by atoms with Gasteiger partial charge in [-0.15, -0.1) is 0 Å². The molecule has 1 aliphatic heterocycles. The summed E-state index contributed by atoms with van der Waals surface area (Å²) in [6.45, 7) is 7.99. The predicted octanol–water partition coefficient (Wildman–Crippen LogP) is 16.0. The standard InChI is InChI=1S/C55H42N2O.C9H14O4/c1-2-37-54(56-53(35-19-7-4-8-20-35)52-44-30-29-36(31-51(44)58-55(37)52)34-17-5-3-6-18-34)47-32-45-40-23-11-9-21-38(40)39-22-10-12-24-41(39)46(45)33-50(47)57-48-27-15-13-25-42(48)43-26-14-16-28-49(43)57;1-5(2)8(12)9(13)6(3)7(11)4-10/h3-8,11-20,23-33,53,56H,2,9-10,21-22H2,1H3;10-13H,1,4H2,2-3H3/b;7-6+,9-8-. The van der Waals surface area contributed by atoms with Gasteiger partial charge in [0.05, 0.1) is 28.5 Å². The van der Waals surface area contributed by atoms with Gasteiger partial charge in [-0.2, -0.15) is 0 Å². The fraction of sp³-hybridized carbons (Fsp3) is 0.156. The van der Waals surface area contributed by atoms with Crippen LogP contribution in [-0.4, -0.2) is 31.6 Å². The number of allylic oxidation sites excluding steroid dienone is 5. The number of nitrogens with zero attached hydrogens (tertiary/aromatic N) is 1. The number of aliphatic hydroxyl groups excluding tert-OH is 4. The second-order valence-electron chi connectivity index (χ2n) is 18.8. The summed E-state index contributed by atoms with van der Waals surface area (Å²) in [7, 11) is 0. The molecule has 0 amide bonds. The van der Waals surface area contributed by atoms with Crippen LogP contribution in [0.4, 0.5) is 0 Å². The minimum atomic E-state index is -0.584. The first kappa shape index (κ1) is 45.2. The fourth-order valence-electron chi connectivity index (χ4n) is 11.0. The van der Waals surface area contributed by atoms with Gasteiger partial charge in [-0.05, 0) is 132 Å². The van der Waals surface area contributed by atoms with Gasteiger partial charge in [-0.25, -0.2) is 0 Å². The molecule has 12 rings (SSSR count). The van der Waals surface area contributed by atoms with Crippen molar-refractivity contribution in [2.45, 2.75) is 58.9 Å². The van der Waals surface area contributed by atoms with Crippen molar-refractivity contribution in [2.24, 2.45) is 0 Å². The zero-order valence-corrected chi connectivity index (χ0v) is 40.3. The SMILES string of the molecule is C=C(C)/C(O)=C(O)\C(C)=C(\O)CO.CCC1=C(c2cc3c4c(c5c(c3cc2-n2c3ccccc3c3ccccc32)C=CCC5)CCC=C4)NC(c2ccccc2)c2c1oc1cc(-c3ccccc3)ccc21. The van der Waals surface area contributed by atoms with E-state index in [9.17, 15) is 10.2 Å². The number of nitrogens with one attached hydrogen (secondary N) is 1. The Morgan fingerprint density at radius 2 is 1.25 bits per heavy atom. The Morgan fingerprint density at radius 3 is 1.86 bits per heavy atom. The van der Waals surface area contributed by atoms with Gasteiger partial charge in [0.15, 0.2) is 11.5 Å². The Morgan fingerprint density at radius 1 is 0.662 bits per heavy atom. The molecule has 0 radical (unpaired) electrons. The molecule has 0 fully saturated rings. The largest absolute Gasteiger partial charge is 0.509 e. The maximum absolute atomic E-state index is 9.30. The highest BCUT2D eigenvalue weighted by Gasteiger charge is 2.35. The minimum Gasteiger partial charge on any atom is -0.509 e. The third kappa shape index (κ3) is 7.74. The van der Waals surface area contributed by atoms with Gasteiger partial charge < -0.3 is 34.7 Å². The second kappa shape index (κ2) is 18.6. The van der Waals surface area contributed by atoms with E-state index in [1.54, 1.807) is 0 Å². The summed E-state index contributed by atoms with van der Waals surface area (Å²) in [4.78, 5) is 0. The first-order chi connectivity index (χ1) is 34.7. The zero-order chi connectivity index (χ0) is 48.9. The van der Waals surface area contributed by atoms with Crippen LogP contribution < -0.4 is 5.32 Å². The van der Waals surface area contributed by atoms with Crippen LogP contribution in [-0.2, 0) is 12.8 Å². The van der Waals surface area contributed by atoms with Gasteiger partial charge in [0.1, 0.15) is 23.7 Å². The van der Waals surface area contributed by atoms with Crippen molar-refractivity contribution in [3.8, 4) is 16.8 Å². The van der Waals surface area contributed by atoms with E-state index < -0.39 is 18.1 Å². The average molecular weight is 933 g/mol. The quantitative estimate of drug-likeness (QED) is 0.0767. The van der Waals surface area contributed by atoms with E-state index in [4.69, 9.17) is 14.6 Å². The van der Waals surface area contributed by atoms with Crippen molar-refractivity contribution in [1.29, 1.82) is 0 Å². The molecule has 0 saturated carbocycles. The third-order valence-electron chi connectivity index (χ3n) is 14.6. The molecule has 352 valence electrons. The summed E-state index contributed by atoms with van der Waals surface area (Å²) in [5.74, 6) is -0.268. The molecular weight excluding hydrogens is 877 g/mol. The fourth-order valence-corrected chi connectivity index (χ4v) is 11.0. The number of para-hydroxylation sites is 2. The molecule has 3 aliphatic rings. The van der Waals surface area contributed by atoms with E-state index in [0.717, 1.165) is 60.1 Å². The van der Waals surface area contributed by atoms with Crippen molar-refractivity contribution >= 4 is 67.0 Å². The molecule has 0 spiro atoms. The molecule has 2 aliphatic carbocycles. The smallest absolute Gasteiger partial charge is 0.164 e. The Labute approximate surface area is 413 Å². The van der Waals surface area contributed by atoms with Gasteiger partial charge in [0, 0.05) is 38.4 Å². The van der Waals surface area contributed by atoms with Crippen LogP contribution in [0.5, 0.6) is 0 Å². The van der Waals surface area contributed by atoms with Gasteiger partial charge >= 0.3 is 0 Å². The summed E-state index contributed by atoms with van der Waals surface area (Å²) in [5.41, 5.74) is 18.9. The van der Waals surface area contributed by atoms with E-state index in [1.165, 1.54) is 102 Å². The molecule has 0 bridgehead atoms. The van der Waals surface area contributed by atoms with Gasteiger partial charge in [-0.3, -0.25) is 0 Å². The molecule has 71 heavy (non-hydrogen) atoms. The Balaban J connectivity index is 0.000000372. The molecule has 1 unspecified atom stereocenters. The molecule has 1 atom stereocenters. The topological polar surface area (TPSA) is 111 Å². The summed E-state index contributed by atoms with van der Waals surface area (Å²) in [6, 6.07) is 51.0. The summed E-state index contributed by atoms with van der Waals surface area (Å²) >= 11 is 0. The molecule has 2 aromatic heterocycles. The van der Waals surface area contributed by atoms with Crippen LogP contribution in [0.25, 0.3) is 83.8 Å². The minimum absolute atomic E-state index is 0.0306. The zero-order valence-electron chi connectivity index (χ0n) is 40.3. The number of hydrogen-bond donors (Lipinski definition) is 5. The lowest BCUT2D eigenvalue weighted by Gasteiger charge is -2.32. The van der Waals surface area contributed by atoms with Crippen LogP contribution in [0.2, 0.25) is 0 Å². The molecule has 3 heterocycles. The lowest BCUT2D eigenvalue weighted by Crippen LogP contribution is -2.27. The summed E-state index contributed by atoms with van der Waals surface area (Å²) < 4.78 is 9.68. The highest BCUT2D eigenvalue weighted by atomic mass is 16.3. The molecule has 0 saturated heterocycles. The number of fused-ring (bicyclic) bond motifs is 12. The van der Waals surface area contributed by atoms with Crippen LogP contribution in [0.3, 0.4) is 0 Å². The normalized spacial score (nSPS) is 15.7. The Hall–Kier alpha value is -8.26. The number of hydrogen-bond acceptors (Lipinski definition) is 6. The van der Waals surface area contributed by atoms with Gasteiger partial charge in [-0.1, -0.05) is 147 Å². The number of rotatable bonds is 8. The third-order valence-corrected chi connectivity index (χ3v) is 14.6. The average Bonchev–Trinajstić information content (AvgIpc) is 3.98. The number of benzene rings is 7. The van der Waals surface area contributed by atoms with E-state index in [0.29, 0.717) is 0 Å². The van der Waals surface area contributed by atoms with Crippen molar-refractivity contribution in [1.82, 2.24) is 9.88 Å². The maximum Gasteiger partial charge on any atom is 0.164 e. The van der Waals surface area contributed by atoms with Crippen molar-refractivity contribution in [2.75, 3.05) is 6.61 Å². The van der Waals surface area contributed by atoms with Crippen LogP contribution in [0.15, 0.2) is 191 Å². The first-order valence-corrected chi connectivity index (χ1v) is 24.6. The van der Waals surface area contributed by atoms with Crippen molar-refractivity contribution in [3.63, 3.8) is 0 Å². The van der Waals surface area contributed by atoms with Crippen molar-refractivity contribution in [3.05, 3.63) is 231 Å². The van der Waals surface area contributed by atoms with Crippen LogP contribution in [0.1, 0.15) is 90.8 Å². The van der Waals surface area contributed by atoms with Crippen molar-refractivity contribution < 1.29 is 24.8 Å². The lowest BCUT2D eigenvalue weighted by molar-refractivity contribution is 0.245. The van der Waals surface area contributed by atoms with Gasteiger partial charge in [0.2, 0.25) is 0 Å². The molecule has 7 aromatic carbocycles. The summed E-state index contributed by atoms with van der Waals surface area (Å²) in [6.07, 6.45) is 14.7. The molecule has 5 N–H and O–H groups in total. The van der Waals surface area contributed by atoms with Crippen LogP contribution >= 0.6 is 0 Å². The number of furan rings is 1. The second-order valence-corrected chi connectivity index (χ2v) is 18.8. The highest BCUT2D eigenvalue weighted by molar-refractivity contribution is 6.12. The first-order valence-electron chi connectivity index (χ1n) is 24.6. The monoisotopic (exact) mass is 932 g/mol. The number of aliphatic hydroxyl groups is 4. The number of aromatic nitrogens is 1. The predicted molar refractivity (Wildman–Crippen MR) is 293 cm³/mol. The van der Waals surface area contributed by atoms with E-state index >= 15 is 0 Å². The summed E-state index contributed by atoms with van der Waals surface area (Å²) in [5, 5.41) is 46.6. The highest BCUT2D eigenvalue weighted by Crippen LogP contribution is 2.49. The molecule has 7 heteroatoms.